The first-order chi connectivity index (χ1) is 14.8. The van der Waals surface area contributed by atoms with Crippen molar-refractivity contribution in [1.82, 2.24) is 14.4 Å². The van der Waals surface area contributed by atoms with Crippen LogP contribution in [-0.4, -0.2) is 47.5 Å². The minimum atomic E-state index is -3.70. The normalized spacial score (nSPS) is 17.5. The molecule has 2 aromatic carbocycles. The van der Waals surface area contributed by atoms with Crippen molar-refractivity contribution in [1.29, 1.82) is 0 Å². The van der Waals surface area contributed by atoms with E-state index in [-0.39, 0.29) is 23.4 Å². The van der Waals surface area contributed by atoms with Crippen molar-refractivity contribution in [3.63, 3.8) is 0 Å². The Morgan fingerprint density at radius 2 is 1.55 bits per heavy atom. The van der Waals surface area contributed by atoms with Gasteiger partial charge in [-0.15, -0.1) is 0 Å². The second-order valence-electron chi connectivity index (χ2n) is 7.64. The van der Waals surface area contributed by atoms with Crippen LogP contribution in [0.5, 0.6) is 0 Å². The maximum atomic E-state index is 12.9. The van der Waals surface area contributed by atoms with Gasteiger partial charge in [-0.2, -0.15) is 17.7 Å². The molecule has 3 aromatic rings. The molecule has 1 fully saturated rings. The fourth-order valence-electron chi connectivity index (χ4n) is 4.12. The van der Waals surface area contributed by atoms with E-state index in [0.717, 1.165) is 0 Å². The smallest absolute Gasteiger partial charge is 0.276 e. The van der Waals surface area contributed by atoms with Gasteiger partial charge in [-0.25, -0.2) is 5.14 Å². The zero-order valence-corrected chi connectivity index (χ0v) is 17.1. The van der Waals surface area contributed by atoms with Crippen LogP contribution in [-0.2, 0) is 10.2 Å². The number of hydrogen-bond acceptors (Lipinski definition) is 7. The fraction of sp³-hybridized carbons (Fsp3) is 0.238. The average Bonchev–Trinajstić information content (AvgIpc) is 3.27. The Labute approximate surface area is 178 Å². The second-order valence-corrected chi connectivity index (χ2v) is 9.19. The molecule has 0 unspecified atom stereocenters. The lowest BCUT2D eigenvalue weighted by Crippen LogP contribution is -2.41. The Kier molecular flexibility index (Phi) is 4.58. The standard InChI is InChI=1S/C21H18N4O5S/c22-31(28,29)25-9-7-12(8-10-25)20-23-21(30-24-20)13-5-6-16-17(11-13)19(27)15-4-2-1-3-14(15)18(16)26/h1-6,11-12H,7-10H2,(H2,22,28,29). The van der Waals surface area contributed by atoms with Gasteiger partial charge in [-0.1, -0.05) is 29.4 Å². The number of hydrogen-bond donors (Lipinski definition) is 1. The lowest BCUT2D eigenvalue weighted by Gasteiger charge is -2.27. The number of rotatable bonds is 3. The highest BCUT2D eigenvalue weighted by Gasteiger charge is 2.31. The summed E-state index contributed by atoms with van der Waals surface area (Å²) in [5.41, 5.74) is 1.98. The summed E-state index contributed by atoms with van der Waals surface area (Å²) in [6, 6.07) is 11.6. The predicted octanol–water partition coefficient (Wildman–Crippen LogP) is 1.89. The summed E-state index contributed by atoms with van der Waals surface area (Å²) < 4.78 is 29.6. The van der Waals surface area contributed by atoms with Gasteiger partial charge in [0.2, 0.25) is 0 Å². The van der Waals surface area contributed by atoms with E-state index >= 15 is 0 Å². The Balaban J connectivity index is 1.41. The highest BCUT2D eigenvalue weighted by Crippen LogP contribution is 2.32. The van der Waals surface area contributed by atoms with Gasteiger partial charge >= 0.3 is 0 Å². The molecule has 2 N–H and O–H groups in total. The number of carbonyl (C=O) groups excluding carboxylic acids is 2. The molecule has 0 amide bonds. The molecule has 10 heteroatoms. The second kappa shape index (κ2) is 7.19. The van der Waals surface area contributed by atoms with Crippen molar-refractivity contribution in [3.05, 3.63) is 70.5 Å². The highest BCUT2D eigenvalue weighted by atomic mass is 32.2. The lowest BCUT2D eigenvalue weighted by atomic mass is 9.83. The van der Waals surface area contributed by atoms with Crippen molar-refractivity contribution in [2.45, 2.75) is 18.8 Å². The molecule has 9 nitrogen and oxygen atoms in total. The van der Waals surface area contributed by atoms with Gasteiger partial charge in [-0.05, 0) is 31.0 Å². The van der Waals surface area contributed by atoms with Gasteiger partial charge < -0.3 is 4.52 Å². The van der Waals surface area contributed by atoms with E-state index in [9.17, 15) is 18.0 Å². The third-order valence-electron chi connectivity index (χ3n) is 5.79. The summed E-state index contributed by atoms with van der Waals surface area (Å²) in [5, 5.41) is 9.23. The van der Waals surface area contributed by atoms with Crippen molar-refractivity contribution in [2.75, 3.05) is 13.1 Å². The van der Waals surface area contributed by atoms with Crippen molar-refractivity contribution >= 4 is 21.8 Å². The van der Waals surface area contributed by atoms with Gasteiger partial charge in [0.25, 0.3) is 16.1 Å². The molecular formula is C21H18N4O5S. The van der Waals surface area contributed by atoms with Crippen LogP contribution in [0.4, 0.5) is 0 Å². The number of ketones is 2. The van der Waals surface area contributed by atoms with Crippen LogP contribution in [0.25, 0.3) is 11.5 Å². The summed E-state index contributed by atoms with van der Waals surface area (Å²) in [6.45, 7) is 0.588. The Bertz CT molecular complexity index is 1320. The third kappa shape index (κ3) is 3.38. The SMILES string of the molecule is NS(=O)(=O)N1CCC(c2noc(-c3ccc4c(c3)C(=O)c3ccccc3C4=O)n2)CC1. The van der Waals surface area contributed by atoms with E-state index in [1.54, 1.807) is 42.5 Å². The van der Waals surface area contributed by atoms with E-state index in [2.05, 4.69) is 10.1 Å². The molecule has 5 rings (SSSR count). The molecule has 1 aliphatic carbocycles. The Hall–Kier alpha value is -3.21. The summed E-state index contributed by atoms with van der Waals surface area (Å²) in [5.74, 6) is 0.260. The van der Waals surface area contributed by atoms with Crippen molar-refractivity contribution < 1.29 is 22.5 Å². The average molecular weight is 438 g/mol. The van der Waals surface area contributed by atoms with Gasteiger partial charge in [-0.3, -0.25) is 9.59 Å². The molecule has 1 aliphatic heterocycles. The summed E-state index contributed by atoms with van der Waals surface area (Å²) >= 11 is 0. The van der Waals surface area contributed by atoms with Crippen molar-refractivity contribution in [3.8, 4) is 11.5 Å². The van der Waals surface area contributed by atoms with E-state index in [1.807, 2.05) is 0 Å². The Morgan fingerprint density at radius 1 is 0.935 bits per heavy atom. The van der Waals surface area contributed by atoms with Crippen LogP contribution in [0.2, 0.25) is 0 Å². The number of nitrogens with zero attached hydrogens (tertiary/aromatic N) is 3. The highest BCUT2D eigenvalue weighted by molar-refractivity contribution is 7.86. The molecular weight excluding hydrogens is 420 g/mol. The quantitative estimate of drug-likeness (QED) is 0.516. The molecule has 0 atom stereocenters. The maximum absolute atomic E-state index is 12.9. The molecule has 0 bridgehead atoms. The van der Waals surface area contributed by atoms with E-state index in [0.29, 0.717) is 59.6 Å². The van der Waals surface area contributed by atoms with Gasteiger partial charge in [0, 0.05) is 46.8 Å². The minimum absolute atomic E-state index is 0.0526. The molecule has 0 spiro atoms. The summed E-state index contributed by atoms with van der Waals surface area (Å²) in [4.78, 5) is 30.1. The molecule has 31 heavy (non-hydrogen) atoms. The topological polar surface area (TPSA) is 136 Å². The molecule has 0 radical (unpaired) electrons. The first-order valence-electron chi connectivity index (χ1n) is 9.77. The molecule has 158 valence electrons. The zero-order chi connectivity index (χ0) is 21.8. The van der Waals surface area contributed by atoms with Crippen LogP contribution in [0.3, 0.4) is 0 Å². The van der Waals surface area contributed by atoms with Crippen LogP contribution < -0.4 is 5.14 Å². The first-order valence-corrected chi connectivity index (χ1v) is 11.3. The fourth-order valence-corrected chi connectivity index (χ4v) is 4.84. The molecule has 1 saturated heterocycles. The predicted molar refractivity (Wildman–Crippen MR) is 110 cm³/mol. The van der Waals surface area contributed by atoms with Crippen molar-refractivity contribution in [2.24, 2.45) is 5.14 Å². The minimum Gasteiger partial charge on any atom is -0.334 e. The number of nitrogens with two attached hydrogens (primary N) is 1. The van der Waals surface area contributed by atoms with E-state index in [1.165, 1.54) is 4.31 Å². The number of aromatic nitrogens is 2. The maximum Gasteiger partial charge on any atom is 0.276 e. The number of fused-ring (bicyclic) bond motifs is 2. The third-order valence-corrected chi connectivity index (χ3v) is 6.88. The first kappa shape index (κ1) is 19.7. The number of piperidine rings is 1. The zero-order valence-electron chi connectivity index (χ0n) is 16.3. The van der Waals surface area contributed by atoms with E-state index in [4.69, 9.17) is 9.66 Å². The molecule has 2 aliphatic rings. The monoisotopic (exact) mass is 438 g/mol. The number of benzene rings is 2. The molecule has 1 aromatic heterocycles. The van der Waals surface area contributed by atoms with Crippen LogP contribution >= 0.6 is 0 Å². The molecule has 0 saturated carbocycles. The van der Waals surface area contributed by atoms with Gasteiger partial charge in [0.15, 0.2) is 17.4 Å². The number of carbonyl (C=O) groups is 2. The summed E-state index contributed by atoms with van der Waals surface area (Å²) in [7, 11) is -3.70. The van der Waals surface area contributed by atoms with Crippen LogP contribution in [0.1, 0.15) is 56.4 Å². The van der Waals surface area contributed by atoms with E-state index < -0.39 is 10.2 Å². The van der Waals surface area contributed by atoms with Gasteiger partial charge in [0.1, 0.15) is 0 Å². The molecule has 2 heterocycles. The Morgan fingerprint density at radius 3 is 2.19 bits per heavy atom. The summed E-state index contributed by atoms with van der Waals surface area (Å²) in [6.07, 6.45) is 1.06. The van der Waals surface area contributed by atoms with Crippen LogP contribution in [0, 0.1) is 0 Å². The van der Waals surface area contributed by atoms with Crippen LogP contribution in [0.15, 0.2) is 47.0 Å². The van der Waals surface area contributed by atoms with Gasteiger partial charge in [0.05, 0.1) is 0 Å². The lowest BCUT2D eigenvalue weighted by molar-refractivity contribution is 0.0979. The largest absolute Gasteiger partial charge is 0.334 e.